The molecule has 0 amide bonds. The largest absolute Gasteiger partial charge is 0.481 e. The second-order valence-electron chi connectivity index (χ2n) is 15.6. The fourth-order valence-corrected chi connectivity index (χ4v) is 12.0. The van der Waals surface area contributed by atoms with Gasteiger partial charge in [0.15, 0.2) is 5.78 Å². The third-order valence-electron chi connectivity index (χ3n) is 13.9. The Hall–Kier alpha value is -2.10. The molecular weight excluding hydrogens is 484 g/mol. The van der Waals surface area contributed by atoms with Crippen LogP contribution in [0.1, 0.15) is 105 Å². The Kier molecular flexibility index (Phi) is 5.88. The van der Waals surface area contributed by atoms with Crippen molar-refractivity contribution in [2.75, 3.05) is 0 Å². The highest BCUT2D eigenvalue weighted by atomic mass is 16.4. The van der Waals surface area contributed by atoms with Gasteiger partial charge >= 0.3 is 5.97 Å². The lowest BCUT2D eigenvalue weighted by molar-refractivity contribution is -0.231. The molecule has 212 valence electrons. The first-order valence-electron chi connectivity index (χ1n) is 15.4. The highest BCUT2D eigenvalue weighted by Gasteiger charge is 2.72. The number of aliphatic carboxylic acids is 1. The number of carbonyl (C=O) groups is 2. The first kappa shape index (κ1) is 27.1. The standard InChI is InChI=1S/C35H48O4/c1-21(2)24-12-15-35(30(37)38)17-16-33(6)25(28(24)35)10-11-27-32(5)20-22(19-23-9-8-18-39-23)29(36)31(3,4)26(32)13-14-34(27,33)7/h8-9,18-19,24-28H,1,10-17,20H2,2-7H3,(H,37,38)/b22-19-/t24-,25+,26?,27+,28?,32-,33+,34+,35-/m0/s1. The van der Waals surface area contributed by atoms with E-state index < -0.39 is 16.8 Å². The van der Waals surface area contributed by atoms with Crippen molar-refractivity contribution in [1.82, 2.24) is 0 Å². The highest BCUT2D eigenvalue weighted by molar-refractivity contribution is 6.04. The number of ketones is 1. The second-order valence-corrected chi connectivity index (χ2v) is 15.6. The minimum atomic E-state index is -0.587. The molecule has 5 fully saturated rings. The van der Waals surface area contributed by atoms with Crippen LogP contribution < -0.4 is 0 Å². The van der Waals surface area contributed by atoms with Gasteiger partial charge in [0.1, 0.15) is 5.76 Å². The van der Waals surface area contributed by atoms with Crippen molar-refractivity contribution in [3.63, 3.8) is 0 Å². The maximum Gasteiger partial charge on any atom is 0.309 e. The van der Waals surface area contributed by atoms with E-state index in [1.54, 1.807) is 6.26 Å². The van der Waals surface area contributed by atoms with Crippen LogP contribution in [0.15, 0.2) is 40.5 Å². The van der Waals surface area contributed by atoms with Crippen molar-refractivity contribution in [3.05, 3.63) is 41.9 Å². The van der Waals surface area contributed by atoms with Gasteiger partial charge in [-0.25, -0.2) is 0 Å². The Morgan fingerprint density at radius 1 is 1.00 bits per heavy atom. The van der Waals surface area contributed by atoms with Crippen LogP contribution in [-0.4, -0.2) is 16.9 Å². The summed E-state index contributed by atoms with van der Waals surface area (Å²) in [6.45, 7) is 18.4. The van der Waals surface area contributed by atoms with Gasteiger partial charge < -0.3 is 9.52 Å². The topological polar surface area (TPSA) is 67.5 Å². The van der Waals surface area contributed by atoms with E-state index >= 15 is 0 Å². The number of fused-ring (bicyclic) bond motifs is 7. The second kappa shape index (κ2) is 8.46. The van der Waals surface area contributed by atoms with Gasteiger partial charge in [-0.15, -0.1) is 0 Å². The number of carboxylic acid groups (broad SMARTS) is 1. The van der Waals surface area contributed by atoms with Crippen LogP contribution in [0.2, 0.25) is 0 Å². The fraction of sp³-hybridized carbons (Fsp3) is 0.714. The van der Waals surface area contributed by atoms with Crippen LogP contribution in [-0.2, 0) is 9.59 Å². The summed E-state index contributed by atoms with van der Waals surface area (Å²) in [6.07, 6.45) is 12.4. The van der Waals surface area contributed by atoms with Gasteiger partial charge in [-0.1, -0.05) is 46.8 Å². The maximum absolute atomic E-state index is 13.9. The Morgan fingerprint density at radius 3 is 2.38 bits per heavy atom. The molecule has 0 bridgehead atoms. The van der Waals surface area contributed by atoms with Gasteiger partial charge in [-0.3, -0.25) is 9.59 Å². The lowest BCUT2D eigenvalue weighted by atomic mass is 9.32. The van der Waals surface area contributed by atoms with Gasteiger partial charge in [-0.2, -0.15) is 0 Å². The third-order valence-corrected chi connectivity index (χ3v) is 13.9. The third kappa shape index (κ3) is 3.35. The molecule has 0 aliphatic heterocycles. The number of hydrogen-bond acceptors (Lipinski definition) is 3. The van der Waals surface area contributed by atoms with Crippen molar-refractivity contribution in [2.45, 2.75) is 99.3 Å². The Labute approximate surface area is 234 Å². The van der Waals surface area contributed by atoms with Gasteiger partial charge in [-0.05, 0) is 134 Å². The molecule has 1 heterocycles. The van der Waals surface area contributed by atoms with Gasteiger partial charge in [0.25, 0.3) is 0 Å². The Bertz CT molecular complexity index is 1240. The average molecular weight is 533 g/mol. The zero-order valence-corrected chi connectivity index (χ0v) is 24.9. The summed E-state index contributed by atoms with van der Waals surface area (Å²) in [4.78, 5) is 26.8. The number of hydrogen-bond donors (Lipinski definition) is 1. The molecule has 4 heteroatoms. The SMILES string of the molecule is C=C(C)[C@@H]1CC[C@]2(C(=O)O)CC[C@]3(C)[C@H](CC[C@@H]4[C@@]5(C)C/C(=C/c6ccco6)C(=O)C(C)(C)C5CC[C@]43C)C12. The lowest BCUT2D eigenvalue weighted by Gasteiger charge is -2.72. The molecule has 9 atom stereocenters. The van der Waals surface area contributed by atoms with Crippen molar-refractivity contribution < 1.29 is 19.1 Å². The van der Waals surface area contributed by atoms with E-state index in [9.17, 15) is 14.7 Å². The van der Waals surface area contributed by atoms with Crippen molar-refractivity contribution in [1.29, 1.82) is 0 Å². The lowest BCUT2D eigenvalue weighted by Crippen LogP contribution is -2.67. The van der Waals surface area contributed by atoms with Crippen LogP contribution in [0.25, 0.3) is 6.08 Å². The van der Waals surface area contributed by atoms with E-state index in [1.165, 1.54) is 5.57 Å². The molecule has 5 aliphatic carbocycles. The van der Waals surface area contributed by atoms with Gasteiger partial charge in [0.2, 0.25) is 0 Å². The average Bonchev–Trinajstić information content (AvgIpc) is 3.51. The van der Waals surface area contributed by atoms with Gasteiger partial charge in [0, 0.05) is 5.41 Å². The summed E-state index contributed by atoms with van der Waals surface area (Å²) in [5.74, 6) is 2.23. The number of allylic oxidation sites excluding steroid dienone is 2. The molecule has 5 aliphatic rings. The van der Waals surface area contributed by atoms with Crippen molar-refractivity contribution in [3.8, 4) is 0 Å². The molecule has 1 aromatic heterocycles. The van der Waals surface area contributed by atoms with E-state index in [2.05, 4.69) is 48.1 Å². The molecule has 0 aromatic carbocycles. The first-order valence-corrected chi connectivity index (χ1v) is 15.4. The van der Waals surface area contributed by atoms with Crippen LogP contribution >= 0.6 is 0 Å². The van der Waals surface area contributed by atoms with E-state index in [-0.39, 0.29) is 27.9 Å². The molecule has 0 spiro atoms. The highest BCUT2D eigenvalue weighted by Crippen LogP contribution is 2.77. The molecule has 4 nitrogen and oxygen atoms in total. The summed E-state index contributed by atoms with van der Waals surface area (Å²) in [5, 5.41) is 10.6. The molecule has 0 saturated heterocycles. The summed E-state index contributed by atoms with van der Waals surface area (Å²) >= 11 is 0. The summed E-state index contributed by atoms with van der Waals surface area (Å²) in [6, 6.07) is 3.83. The van der Waals surface area contributed by atoms with Gasteiger partial charge in [0.05, 0.1) is 11.7 Å². The molecule has 0 radical (unpaired) electrons. The first-order chi connectivity index (χ1) is 18.2. The number of furan rings is 1. The molecule has 1 N–H and O–H groups in total. The van der Waals surface area contributed by atoms with Crippen LogP contribution in [0.4, 0.5) is 0 Å². The van der Waals surface area contributed by atoms with E-state index in [0.717, 1.165) is 69.1 Å². The maximum atomic E-state index is 13.9. The monoisotopic (exact) mass is 532 g/mol. The summed E-state index contributed by atoms with van der Waals surface area (Å²) in [5.41, 5.74) is 1.30. The Morgan fingerprint density at radius 2 is 1.74 bits per heavy atom. The van der Waals surface area contributed by atoms with Crippen LogP contribution in [0.5, 0.6) is 0 Å². The zero-order chi connectivity index (χ0) is 28.2. The van der Waals surface area contributed by atoms with Crippen molar-refractivity contribution >= 4 is 17.8 Å². The Balaban J connectivity index is 1.42. The molecule has 5 saturated carbocycles. The van der Waals surface area contributed by atoms with Crippen molar-refractivity contribution in [2.24, 2.45) is 56.7 Å². The number of carbonyl (C=O) groups excluding carboxylic acids is 1. The minimum absolute atomic E-state index is 0.0155. The summed E-state index contributed by atoms with van der Waals surface area (Å²) in [7, 11) is 0. The number of rotatable bonds is 3. The fourth-order valence-electron chi connectivity index (χ4n) is 12.0. The molecule has 2 unspecified atom stereocenters. The minimum Gasteiger partial charge on any atom is -0.481 e. The number of Topliss-reactive ketones (excluding diaryl/α,β-unsaturated/α-hetero) is 1. The van der Waals surface area contributed by atoms with E-state index in [1.807, 2.05) is 18.2 Å². The molecular formula is C35H48O4. The predicted octanol–water partition coefficient (Wildman–Crippen LogP) is 8.58. The van der Waals surface area contributed by atoms with E-state index in [4.69, 9.17) is 4.42 Å². The summed E-state index contributed by atoms with van der Waals surface area (Å²) < 4.78 is 5.65. The van der Waals surface area contributed by atoms with Crippen LogP contribution in [0, 0.1) is 56.7 Å². The smallest absolute Gasteiger partial charge is 0.309 e. The quantitative estimate of drug-likeness (QED) is 0.313. The normalized spacial score (nSPS) is 47.6. The predicted molar refractivity (Wildman–Crippen MR) is 154 cm³/mol. The number of carboxylic acids is 1. The molecule has 39 heavy (non-hydrogen) atoms. The molecule has 6 rings (SSSR count). The molecule has 1 aromatic rings. The van der Waals surface area contributed by atoms with E-state index in [0.29, 0.717) is 23.7 Å². The van der Waals surface area contributed by atoms with Crippen LogP contribution in [0.3, 0.4) is 0 Å². The zero-order valence-electron chi connectivity index (χ0n) is 24.9.